The SMILES string of the molecule is Cc1ccc(OCc2c(-c3ccccc3OC(F)(F)F)noc2C(C)C)cc1N(C)Cc1ccc(C(=O)O)o1. The van der Waals surface area contributed by atoms with E-state index in [-0.39, 0.29) is 29.5 Å². The van der Waals surface area contributed by atoms with E-state index in [2.05, 4.69) is 9.89 Å². The van der Waals surface area contributed by atoms with Gasteiger partial charge in [0.15, 0.2) is 0 Å². The lowest BCUT2D eigenvalue weighted by Gasteiger charge is -2.21. The van der Waals surface area contributed by atoms with Crippen molar-refractivity contribution in [3.8, 4) is 22.8 Å². The molecule has 0 amide bonds. The van der Waals surface area contributed by atoms with Crippen molar-refractivity contribution < 1.29 is 41.5 Å². The highest BCUT2D eigenvalue weighted by atomic mass is 19.4. The van der Waals surface area contributed by atoms with E-state index in [0.29, 0.717) is 29.4 Å². The summed E-state index contributed by atoms with van der Waals surface area (Å²) in [6.45, 7) is 6.00. The van der Waals surface area contributed by atoms with Gasteiger partial charge in [0.2, 0.25) is 5.76 Å². The standard InChI is InChI=1S/C28H27F3N2O6/c1-16(2)26-21(25(32-39-26)20-7-5-6-8-23(20)38-28(29,30)31)15-36-18-10-9-17(3)22(13-18)33(4)14-19-11-12-24(37-19)27(34)35/h5-13,16H,14-15H2,1-4H3,(H,34,35). The van der Waals surface area contributed by atoms with Gasteiger partial charge >= 0.3 is 12.3 Å². The molecule has 2 aromatic heterocycles. The van der Waals surface area contributed by atoms with Gasteiger partial charge in [-0.05, 0) is 42.8 Å². The number of carbonyl (C=O) groups is 1. The molecular formula is C28H27F3N2O6. The van der Waals surface area contributed by atoms with Crippen LogP contribution in [0, 0.1) is 6.92 Å². The summed E-state index contributed by atoms with van der Waals surface area (Å²) in [5.41, 5.74) is 2.61. The number of furan rings is 1. The van der Waals surface area contributed by atoms with E-state index in [4.69, 9.17) is 18.8 Å². The van der Waals surface area contributed by atoms with Crippen molar-refractivity contribution in [2.45, 2.75) is 46.2 Å². The maximum atomic E-state index is 13.0. The molecular weight excluding hydrogens is 517 g/mol. The van der Waals surface area contributed by atoms with Crippen LogP contribution in [-0.2, 0) is 13.2 Å². The fourth-order valence-corrected chi connectivity index (χ4v) is 4.15. The van der Waals surface area contributed by atoms with E-state index in [9.17, 15) is 18.0 Å². The Bertz CT molecular complexity index is 1460. The van der Waals surface area contributed by atoms with Gasteiger partial charge in [0.25, 0.3) is 0 Å². The van der Waals surface area contributed by atoms with Gasteiger partial charge in [0.05, 0.1) is 12.1 Å². The number of anilines is 1. The lowest BCUT2D eigenvalue weighted by molar-refractivity contribution is -0.274. The van der Waals surface area contributed by atoms with E-state index in [1.54, 1.807) is 18.2 Å². The minimum absolute atomic E-state index is 0.0148. The normalized spacial score (nSPS) is 11.6. The zero-order chi connectivity index (χ0) is 28.3. The van der Waals surface area contributed by atoms with Gasteiger partial charge in [-0.15, -0.1) is 13.2 Å². The van der Waals surface area contributed by atoms with Crippen molar-refractivity contribution in [3.05, 3.63) is 83.0 Å². The monoisotopic (exact) mass is 544 g/mol. The number of benzene rings is 2. The molecule has 2 heterocycles. The number of para-hydroxylation sites is 1. The molecule has 1 N–H and O–H groups in total. The molecule has 206 valence electrons. The summed E-state index contributed by atoms with van der Waals surface area (Å²) < 4.78 is 60.3. The van der Waals surface area contributed by atoms with Crippen LogP contribution < -0.4 is 14.4 Å². The third kappa shape index (κ3) is 6.54. The first-order valence-electron chi connectivity index (χ1n) is 12.0. The molecule has 0 aliphatic heterocycles. The van der Waals surface area contributed by atoms with Crippen molar-refractivity contribution in [1.29, 1.82) is 0 Å². The highest BCUT2D eigenvalue weighted by Gasteiger charge is 2.33. The Morgan fingerprint density at radius 1 is 1.13 bits per heavy atom. The van der Waals surface area contributed by atoms with Crippen molar-refractivity contribution in [2.24, 2.45) is 0 Å². The molecule has 8 nitrogen and oxygen atoms in total. The molecule has 0 aliphatic carbocycles. The van der Waals surface area contributed by atoms with Crippen molar-refractivity contribution in [3.63, 3.8) is 0 Å². The van der Waals surface area contributed by atoms with E-state index in [1.807, 2.05) is 44.9 Å². The third-order valence-electron chi connectivity index (χ3n) is 5.95. The number of carboxylic acid groups (broad SMARTS) is 1. The molecule has 4 rings (SSSR count). The number of carboxylic acids is 1. The van der Waals surface area contributed by atoms with Crippen LogP contribution in [0.4, 0.5) is 18.9 Å². The van der Waals surface area contributed by atoms with Crippen LogP contribution in [0.5, 0.6) is 11.5 Å². The molecule has 0 bridgehead atoms. The Morgan fingerprint density at radius 3 is 2.54 bits per heavy atom. The van der Waals surface area contributed by atoms with E-state index >= 15 is 0 Å². The zero-order valence-electron chi connectivity index (χ0n) is 21.7. The van der Waals surface area contributed by atoms with Crippen molar-refractivity contribution in [2.75, 3.05) is 11.9 Å². The molecule has 0 aliphatic rings. The minimum Gasteiger partial charge on any atom is -0.489 e. The second-order valence-electron chi connectivity index (χ2n) is 9.24. The first-order valence-corrected chi connectivity index (χ1v) is 12.0. The van der Waals surface area contributed by atoms with Gasteiger partial charge in [0, 0.05) is 30.3 Å². The molecule has 39 heavy (non-hydrogen) atoms. The van der Waals surface area contributed by atoms with Crippen molar-refractivity contribution in [1.82, 2.24) is 5.16 Å². The number of aromatic carboxylic acids is 1. The summed E-state index contributed by atoms with van der Waals surface area (Å²) in [4.78, 5) is 13.0. The molecule has 11 heteroatoms. The second kappa shape index (κ2) is 11.1. The molecule has 4 aromatic rings. The van der Waals surface area contributed by atoms with Gasteiger partial charge in [0.1, 0.15) is 35.3 Å². The van der Waals surface area contributed by atoms with Gasteiger partial charge in [-0.2, -0.15) is 0 Å². The average Bonchev–Trinajstić information content (AvgIpc) is 3.50. The Hall–Kier alpha value is -4.41. The predicted octanol–water partition coefficient (Wildman–Crippen LogP) is 7.18. The topological polar surface area (TPSA) is 98.2 Å². The number of hydrogen-bond acceptors (Lipinski definition) is 7. The molecule has 2 aromatic carbocycles. The van der Waals surface area contributed by atoms with Crippen LogP contribution in [0.15, 0.2) is 63.5 Å². The molecule has 0 atom stereocenters. The number of halogens is 3. The Morgan fingerprint density at radius 2 is 1.87 bits per heavy atom. The number of aromatic nitrogens is 1. The van der Waals surface area contributed by atoms with Crippen LogP contribution in [-0.4, -0.2) is 29.6 Å². The Kier molecular flexibility index (Phi) is 7.89. The summed E-state index contributed by atoms with van der Waals surface area (Å²) in [6, 6.07) is 14.2. The number of ether oxygens (including phenoxy) is 2. The summed E-state index contributed by atoms with van der Waals surface area (Å²) in [5.74, 6) is -0.298. The largest absolute Gasteiger partial charge is 0.573 e. The second-order valence-corrected chi connectivity index (χ2v) is 9.24. The lowest BCUT2D eigenvalue weighted by Crippen LogP contribution is -2.17. The fourth-order valence-electron chi connectivity index (χ4n) is 4.15. The summed E-state index contributed by atoms with van der Waals surface area (Å²) in [5, 5.41) is 13.2. The molecule has 0 unspecified atom stereocenters. The first-order chi connectivity index (χ1) is 18.4. The quantitative estimate of drug-likeness (QED) is 0.224. The number of hydrogen-bond donors (Lipinski definition) is 1. The van der Waals surface area contributed by atoms with Gasteiger partial charge < -0.3 is 28.4 Å². The number of nitrogens with zero attached hydrogens (tertiary/aromatic N) is 2. The van der Waals surface area contributed by atoms with Crippen LogP contribution >= 0.6 is 0 Å². The maximum Gasteiger partial charge on any atom is 0.573 e. The van der Waals surface area contributed by atoms with E-state index < -0.39 is 18.1 Å². The molecule has 0 fully saturated rings. The highest BCUT2D eigenvalue weighted by molar-refractivity contribution is 5.84. The van der Waals surface area contributed by atoms with E-state index in [0.717, 1.165) is 11.3 Å². The summed E-state index contributed by atoms with van der Waals surface area (Å²) in [7, 11) is 1.83. The Balaban J connectivity index is 1.59. The smallest absolute Gasteiger partial charge is 0.489 e. The average molecular weight is 545 g/mol. The molecule has 0 spiro atoms. The maximum absolute atomic E-state index is 13.0. The van der Waals surface area contributed by atoms with Crippen LogP contribution in [0.3, 0.4) is 0 Å². The number of rotatable bonds is 10. The molecule has 0 radical (unpaired) electrons. The highest BCUT2D eigenvalue weighted by Crippen LogP contribution is 2.38. The lowest BCUT2D eigenvalue weighted by atomic mass is 10.0. The van der Waals surface area contributed by atoms with Crippen LogP contribution in [0.25, 0.3) is 11.3 Å². The van der Waals surface area contributed by atoms with Crippen molar-refractivity contribution >= 4 is 11.7 Å². The van der Waals surface area contributed by atoms with Gasteiger partial charge in [-0.3, -0.25) is 0 Å². The summed E-state index contributed by atoms with van der Waals surface area (Å²) in [6.07, 6.45) is -4.87. The summed E-state index contributed by atoms with van der Waals surface area (Å²) >= 11 is 0. The van der Waals surface area contributed by atoms with Gasteiger partial charge in [-0.1, -0.05) is 37.2 Å². The Labute approximate surface area is 222 Å². The van der Waals surface area contributed by atoms with Gasteiger partial charge in [-0.25, -0.2) is 4.79 Å². The zero-order valence-corrected chi connectivity index (χ0v) is 21.7. The molecule has 0 saturated heterocycles. The number of alkyl halides is 3. The first kappa shape index (κ1) is 27.6. The predicted molar refractivity (Wildman–Crippen MR) is 136 cm³/mol. The fraction of sp³-hybridized carbons (Fsp3) is 0.286. The van der Waals surface area contributed by atoms with E-state index in [1.165, 1.54) is 24.3 Å². The molecule has 0 saturated carbocycles. The third-order valence-corrected chi connectivity index (χ3v) is 5.95. The van der Waals surface area contributed by atoms with Crippen LogP contribution in [0.2, 0.25) is 0 Å². The van der Waals surface area contributed by atoms with Crippen LogP contribution in [0.1, 0.15) is 53.0 Å². The minimum atomic E-state index is -4.87. The number of aryl methyl sites for hydroxylation is 1.